The minimum Gasteiger partial charge on any atom is -0.305 e. The minimum atomic E-state index is -0.890. The zero-order chi connectivity index (χ0) is 10.6. The normalized spacial score (nSPS) is 12.5. The first-order chi connectivity index (χ1) is 6.65. The van der Waals surface area contributed by atoms with Gasteiger partial charge in [-0.15, -0.1) is 0 Å². The lowest BCUT2D eigenvalue weighted by molar-refractivity contribution is 0.321. The van der Waals surface area contributed by atoms with Crippen molar-refractivity contribution in [1.29, 1.82) is 5.41 Å². The summed E-state index contributed by atoms with van der Waals surface area (Å²) in [4.78, 5) is 0. The van der Waals surface area contributed by atoms with E-state index >= 15 is 0 Å². The van der Waals surface area contributed by atoms with Crippen molar-refractivity contribution in [3.05, 3.63) is 35.4 Å². The van der Waals surface area contributed by atoms with Crippen molar-refractivity contribution < 1.29 is 4.39 Å². The van der Waals surface area contributed by atoms with Crippen LogP contribution in [0.4, 0.5) is 4.39 Å². The molecule has 0 aromatic heterocycles. The lowest BCUT2D eigenvalue weighted by atomic mass is 10.0. The molecule has 1 unspecified atom stereocenters. The Hall–Kier alpha value is -1.18. The van der Waals surface area contributed by atoms with Crippen LogP contribution in [0.2, 0.25) is 0 Å². The van der Waals surface area contributed by atoms with Gasteiger partial charge in [0.05, 0.1) is 0 Å². The van der Waals surface area contributed by atoms with E-state index in [0.29, 0.717) is 17.7 Å². The topological polar surface area (TPSA) is 23.9 Å². The summed E-state index contributed by atoms with van der Waals surface area (Å²) in [6.07, 6.45) is 0.509. The van der Waals surface area contributed by atoms with E-state index < -0.39 is 6.17 Å². The zero-order valence-electron chi connectivity index (χ0n) is 8.68. The number of hydrogen-bond acceptors (Lipinski definition) is 1. The van der Waals surface area contributed by atoms with Crippen LogP contribution in [-0.4, -0.2) is 5.71 Å². The molecule has 0 fully saturated rings. The van der Waals surface area contributed by atoms with Gasteiger partial charge in [0.1, 0.15) is 6.17 Å². The second-order valence-corrected chi connectivity index (χ2v) is 3.51. The molecule has 0 saturated carbocycles. The molecule has 1 aromatic rings. The smallest absolute Gasteiger partial charge is 0.125 e. The van der Waals surface area contributed by atoms with E-state index in [9.17, 15) is 4.39 Å². The van der Waals surface area contributed by atoms with Crippen molar-refractivity contribution in [3.63, 3.8) is 0 Å². The molecule has 0 amide bonds. The largest absolute Gasteiger partial charge is 0.305 e. The summed E-state index contributed by atoms with van der Waals surface area (Å²) in [5.74, 6) is 0. The highest BCUT2D eigenvalue weighted by Crippen LogP contribution is 2.23. The van der Waals surface area contributed by atoms with Crippen molar-refractivity contribution in [3.8, 4) is 0 Å². The zero-order valence-corrected chi connectivity index (χ0v) is 8.68. The van der Waals surface area contributed by atoms with Gasteiger partial charge >= 0.3 is 0 Å². The van der Waals surface area contributed by atoms with Gasteiger partial charge in [0.2, 0.25) is 0 Å². The number of benzene rings is 1. The maximum absolute atomic E-state index is 13.5. The Morgan fingerprint density at radius 1 is 1.50 bits per heavy atom. The fraction of sp³-hybridized carbons (Fsp3) is 0.417. The second kappa shape index (κ2) is 4.89. The monoisotopic (exact) mass is 193 g/mol. The Labute approximate surface area is 84.5 Å². The molecule has 2 heteroatoms. The molecule has 0 aliphatic heterocycles. The molecule has 0 bridgehead atoms. The fourth-order valence-corrected chi connectivity index (χ4v) is 1.39. The molecule has 1 nitrogen and oxygen atoms in total. The van der Waals surface area contributed by atoms with Gasteiger partial charge in [-0.3, -0.25) is 0 Å². The van der Waals surface area contributed by atoms with Crippen molar-refractivity contribution in [2.45, 2.75) is 32.9 Å². The highest BCUT2D eigenvalue weighted by molar-refractivity contribution is 5.96. The Balaban J connectivity index is 2.87. The van der Waals surface area contributed by atoms with Gasteiger partial charge in [-0.05, 0) is 30.5 Å². The lowest BCUT2D eigenvalue weighted by Crippen LogP contribution is -1.96. The van der Waals surface area contributed by atoms with Crippen molar-refractivity contribution in [2.24, 2.45) is 0 Å². The van der Waals surface area contributed by atoms with Crippen LogP contribution >= 0.6 is 0 Å². The van der Waals surface area contributed by atoms with Crippen LogP contribution in [0.3, 0.4) is 0 Å². The molecule has 76 valence electrons. The van der Waals surface area contributed by atoms with Gasteiger partial charge in [-0.25, -0.2) is 4.39 Å². The predicted octanol–water partition coefficient (Wildman–Crippen LogP) is 3.89. The first kappa shape index (κ1) is 10.9. The molecule has 0 radical (unpaired) electrons. The molecule has 0 aliphatic carbocycles. The Kier molecular flexibility index (Phi) is 3.81. The minimum absolute atomic E-state index is 0.482. The predicted molar refractivity (Wildman–Crippen MR) is 57.7 cm³/mol. The summed E-state index contributed by atoms with van der Waals surface area (Å²) in [7, 11) is 0. The maximum Gasteiger partial charge on any atom is 0.125 e. The van der Waals surface area contributed by atoms with Crippen LogP contribution in [0, 0.1) is 5.41 Å². The van der Waals surface area contributed by atoms with Gasteiger partial charge in [0.15, 0.2) is 0 Å². The molecular weight excluding hydrogens is 177 g/mol. The standard InChI is InChI=1S/C12H16FN/c1-3-5-12(13)11-7-4-6-10(8-11)9(2)14/h4,6-8,12,14H,3,5H2,1-2H3. The van der Waals surface area contributed by atoms with E-state index in [0.717, 1.165) is 12.0 Å². The number of rotatable bonds is 4. The van der Waals surface area contributed by atoms with Gasteiger partial charge in [0.25, 0.3) is 0 Å². The molecular formula is C12H16FN. The van der Waals surface area contributed by atoms with Gasteiger partial charge in [-0.2, -0.15) is 0 Å². The van der Waals surface area contributed by atoms with Crippen LogP contribution < -0.4 is 0 Å². The van der Waals surface area contributed by atoms with E-state index in [2.05, 4.69) is 0 Å². The van der Waals surface area contributed by atoms with E-state index in [1.54, 1.807) is 19.1 Å². The third kappa shape index (κ3) is 2.66. The van der Waals surface area contributed by atoms with E-state index in [-0.39, 0.29) is 0 Å². The fourth-order valence-electron chi connectivity index (χ4n) is 1.39. The van der Waals surface area contributed by atoms with Crippen LogP contribution in [0.1, 0.15) is 44.0 Å². The SMILES string of the molecule is CCCC(F)c1cccc(C(C)=N)c1. The van der Waals surface area contributed by atoms with Gasteiger partial charge in [0, 0.05) is 5.71 Å². The molecule has 14 heavy (non-hydrogen) atoms. The summed E-state index contributed by atoms with van der Waals surface area (Å²) < 4.78 is 13.5. The molecule has 0 spiro atoms. The van der Waals surface area contributed by atoms with Crippen molar-refractivity contribution in [2.75, 3.05) is 0 Å². The highest BCUT2D eigenvalue weighted by atomic mass is 19.1. The third-order valence-corrected chi connectivity index (χ3v) is 2.22. The Bertz CT molecular complexity index is 320. The van der Waals surface area contributed by atoms with E-state index in [1.807, 2.05) is 19.1 Å². The molecule has 1 N–H and O–H groups in total. The number of nitrogens with one attached hydrogen (secondary N) is 1. The molecule has 0 heterocycles. The summed E-state index contributed by atoms with van der Waals surface area (Å²) in [5.41, 5.74) is 1.98. The molecule has 1 rings (SSSR count). The molecule has 0 saturated heterocycles. The number of hydrogen-bond donors (Lipinski definition) is 1. The van der Waals surface area contributed by atoms with Gasteiger partial charge in [-0.1, -0.05) is 31.5 Å². The summed E-state index contributed by atoms with van der Waals surface area (Å²) in [5, 5.41) is 7.45. The van der Waals surface area contributed by atoms with Crippen LogP contribution in [-0.2, 0) is 0 Å². The van der Waals surface area contributed by atoms with Crippen LogP contribution in [0.25, 0.3) is 0 Å². The number of halogens is 1. The summed E-state index contributed by atoms with van der Waals surface area (Å²) in [6, 6.07) is 7.20. The van der Waals surface area contributed by atoms with E-state index in [1.165, 1.54) is 0 Å². The molecule has 0 aliphatic rings. The highest BCUT2D eigenvalue weighted by Gasteiger charge is 2.08. The quantitative estimate of drug-likeness (QED) is 0.701. The van der Waals surface area contributed by atoms with Crippen LogP contribution in [0.5, 0.6) is 0 Å². The van der Waals surface area contributed by atoms with Crippen molar-refractivity contribution in [1.82, 2.24) is 0 Å². The Morgan fingerprint density at radius 3 is 2.79 bits per heavy atom. The maximum atomic E-state index is 13.5. The Morgan fingerprint density at radius 2 is 2.21 bits per heavy atom. The van der Waals surface area contributed by atoms with Gasteiger partial charge < -0.3 is 5.41 Å². The van der Waals surface area contributed by atoms with E-state index in [4.69, 9.17) is 5.41 Å². The summed E-state index contributed by atoms with van der Waals surface area (Å²) in [6.45, 7) is 3.68. The summed E-state index contributed by atoms with van der Waals surface area (Å²) >= 11 is 0. The first-order valence-electron chi connectivity index (χ1n) is 4.94. The molecule has 1 atom stereocenters. The first-order valence-corrected chi connectivity index (χ1v) is 4.94. The van der Waals surface area contributed by atoms with Crippen molar-refractivity contribution >= 4 is 5.71 Å². The average Bonchev–Trinajstić information content (AvgIpc) is 2.18. The number of alkyl halides is 1. The third-order valence-electron chi connectivity index (χ3n) is 2.22. The second-order valence-electron chi connectivity index (χ2n) is 3.51. The molecule has 1 aromatic carbocycles. The average molecular weight is 193 g/mol. The lowest BCUT2D eigenvalue weighted by Gasteiger charge is -2.08. The van der Waals surface area contributed by atoms with Crippen LogP contribution in [0.15, 0.2) is 24.3 Å².